The van der Waals surface area contributed by atoms with E-state index in [1.54, 1.807) is 11.3 Å². The van der Waals surface area contributed by atoms with E-state index < -0.39 is 0 Å². The fourth-order valence-corrected chi connectivity index (χ4v) is 2.36. The summed E-state index contributed by atoms with van der Waals surface area (Å²) < 4.78 is 5.69. The van der Waals surface area contributed by atoms with Gasteiger partial charge in [0.15, 0.2) is 0 Å². The molecule has 0 aliphatic heterocycles. The van der Waals surface area contributed by atoms with Crippen molar-refractivity contribution in [2.24, 2.45) is 5.16 Å². The van der Waals surface area contributed by atoms with Gasteiger partial charge in [0, 0.05) is 5.38 Å². The Hall–Kier alpha value is -1.88. The van der Waals surface area contributed by atoms with Crippen LogP contribution in [0.2, 0.25) is 0 Å². The molecule has 0 atom stereocenters. The Morgan fingerprint density at radius 1 is 1.35 bits per heavy atom. The predicted molar refractivity (Wildman–Crippen MR) is 80.8 cm³/mol. The largest absolute Gasteiger partial charge is 0.487 e. The Morgan fingerprint density at radius 3 is 2.70 bits per heavy atom. The SMILES string of the molecule is CC(CCc1ccc(OCc2csc(C)n2)cc1)=NO. The molecule has 0 bridgehead atoms. The van der Waals surface area contributed by atoms with Crippen molar-refractivity contribution in [3.8, 4) is 5.75 Å². The molecule has 0 saturated heterocycles. The van der Waals surface area contributed by atoms with Crippen LogP contribution in [0, 0.1) is 6.92 Å². The highest BCUT2D eigenvalue weighted by Crippen LogP contribution is 2.16. The molecule has 20 heavy (non-hydrogen) atoms. The van der Waals surface area contributed by atoms with Gasteiger partial charge in [0.05, 0.1) is 16.4 Å². The van der Waals surface area contributed by atoms with Gasteiger partial charge in [-0.1, -0.05) is 17.3 Å². The molecule has 5 heteroatoms. The van der Waals surface area contributed by atoms with Crippen molar-refractivity contribution in [2.75, 3.05) is 0 Å². The van der Waals surface area contributed by atoms with Gasteiger partial charge in [0.1, 0.15) is 12.4 Å². The summed E-state index contributed by atoms with van der Waals surface area (Å²) in [4.78, 5) is 4.36. The molecule has 0 unspecified atom stereocenters. The number of aromatic nitrogens is 1. The van der Waals surface area contributed by atoms with Crippen LogP contribution in [0.4, 0.5) is 0 Å². The average molecular weight is 290 g/mol. The van der Waals surface area contributed by atoms with Gasteiger partial charge in [0.2, 0.25) is 0 Å². The number of aryl methyl sites for hydroxylation is 2. The summed E-state index contributed by atoms with van der Waals surface area (Å²) in [7, 11) is 0. The quantitative estimate of drug-likeness (QED) is 0.500. The van der Waals surface area contributed by atoms with E-state index in [1.165, 1.54) is 5.56 Å². The average Bonchev–Trinajstić information content (AvgIpc) is 2.89. The summed E-state index contributed by atoms with van der Waals surface area (Å²) in [6.07, 6.45) is 1.62. The molecule has 0 radical (unpaired) electrons. The van der Waals surface area contributed by atoms with E-state index >= 15 is 0 Å². The lowest BCUT2D eigenvalue weighted by atomic mass is 10.1. The zero-order chi connectivity index (χ0) is 14.4. The molecular weight excluding hydrogens is 272 g/mol. The van der Waals surface area contributed by atoms with E-state index in [9.17, 15) is 0 Å². The van der Waals surface area contributed by atoms with E-state index in [2.05, 4.69) is 10.1 Å². The van der Waals surface area contributed by atoms with E-state index in [0.29, 0.717) is 6.61 Å². The van der Waals surface area contributed by atoms with Crippen molar-refractivity contribution >= 4 is 17.0 Å². The first kappa shape index (κ1) is 14.5. The highest BCUT2D eigenvalue weighted by molar-refractivity contribution is 7.09. The molecule has 0 aliphatic carbocycles. The summed E-state index contributed by atoms with van der Waals surface area (Å²) in [6, 6.07) is 7.98. The highest BCUT2D eigenvalue weighted by atomic mass is 32.1. The third-order valence-corrected chi connectivity index (χ3v) is 3.75. The maximum Gasteiger partial charge on any atom is 0.131 e. The summed E-state index contributed by atoms with van der Waals surface area (Å²) in [6.45, 7) is 4.30. The third-order valence-electron chi connectivity index (χ3n) is 2.92. The second-order valence-electron chi connectivity index (χ2n) is 4.63. The van der Waals surface area contributed by atoms with E-state index in [4.69, 9.17) is 9.94 Å². The van der Waals surface area contributed by atoms with Crippen molar-refractivity contribution < 1.29 is 9.94 Å². The summed E-state index contributed by atoms with van der Waals surface area (Å²) in [5, 5.41) is 14.8. The molecule has 106 valence electrons. The molecular formula is C15H18N2O2S. The second kappa shape index (κ2) is 7.05. The molecule has 1 heterocycles. The summed E-state index contributed by atoms with van der Waals surface area (Å²) in [5.41, 5.74) is 2.90. The number of oxime groups is 1. The molecule has 2 aromatic rings. The van der Waals surface area contributed by atoms with Crippen molar-refractivity contribution in [1.82, 2.24) is 4.98 Å². The van der Waals surface area contributed by atoms with Crippen LogP contribution in [0.5, 0.6) is 5.75 Å². The molecule has 0 aliphatic rings. The number of benzene rings is 1. The van der Waals surface area contributed by atoms with Crippen LogP contribution in [-0.2, 0) is 13.0 Å². The van der Waals surface area contributed by atoms with Crippen LogP contribution in [0.15, 0.2) is 34.8 Å². The Balaban J connectivity index is 1.85. The van der Waals surface area contributed by atoms with Crippen LogP contribution in [0.25, 0.3) is 0 Å². The Labute approximate surface area is 122 Å². The van der Waals surface area contributed by atoms with Gasteiger partial charge in [-0.25, -0.2) is 4.98 Å². The minimum Gasteiger partial charge on any atom is -0.487 e. The Bertz CT molecular complexity index is 576. The second-order valence-corrected chi connectivity index (χ2v) is 5.69. The van der Waals surface area contributed by atoms with Gasteiger partial charge in [-0.15, -0.1) is 11.3 Å². The fraction of sp³-hybridized carbons (Fsp3) is 0.333. The van der Waals surface area contributed by atoms with Crippen LogP contribution < -0.4 is 4.74 Å². The molecule has 2 rings (SSSR count). The van der Waals surface area contributed by atoms with Crippen LogP contribution in [0.3, 0.4) is 0 Å². The van der Waals surface area contributed by atoms with Crippen LogP contribution in [-0.4, -0.2) is 15.9 Å². The zero-order valence-electron chi connectivity index (χ0n) is 11.7. The van der Waals surface area contributed by atoms with E-state index in [0.717, 1.165) is 35.0 Å². The predicted octanol–water partition coefficient (Wildman–Crippen LogP) is 3.81. The molecule has 0 spiro atoms. The number of ether oxygens (including phenoxy) is 1. The monoisotopic (exact) mass is 290 g/mol. The molecule has 1 N–H and O–H groups in total. The summed E-state index contributed by atoms with van der Waals surface area (Å²) >= 11 is 1.63. The number of rotatable bonds is 6. The maximum atomic E-state index is 8.60. The van der Waals surface area contributed by atoms with Gasteiger partial charge in [-0.3, -0.25) is 0 Å². The number of thiazole rings is 1. The molecule has 1 aromatic heterocycles. The lowest BCUT2D eigenvalue weighted by Crippen LogP contribution is -1.97. The van der Waals surface area contributed by atoms with E-state index in [-0.39, 0.29) is 0 Å². The lowest BCUT2D eigenvalue weighted by molar-refractivity contribution is 0.302. The normalized spacial score (nSPS) is 11.6. The lowest BCUT2D eigenvalue weighted by Gasteiger charge is -2.06. The maximum absolute atomic E-state index is 8.60. The smallest absolute Gasteiger partial charge is 0.131 e. The van der Waals surface area contributed by atoms with Gasteiger partial charge >= 0.3 is 0 Å². The van der Waals surface area contributed by atoms with Gasteiger partial charge in [0.25, 0.3) is 0 Å². The van der Waals surface area contributed by atoms with E-state index in [1.807, 2.05) is 43.5 Å². The van der Waals surface area contributed by atoms with Crippen molar-refractivity contribution in [3.63, 3.8) is 0 Å². The van der Waals surface area contributed by atoms with Crippen LogP contribution in [0.1, 0.15) is 29.6 Å². The number of hydrogen-bond acceptors (Lipinski definition) is 5. The first-order chi connectivity index (χ1) is 9.67. The fourth-order valence-electron chi connectivity index (χ4n) is 1.76. The summed E-state index contributed by atoms with van der Waals surface area (Å²) in [5.74, 6) is 0.840. The van der Waals surface area contributed by atoms with Crippen LogP contribution >= 0.6 is 11.3 Å². The number of hydrogen-bond donors (Lipinski definition) is 1. The van der Waals surface area contributed by atoms with Gasteiger partial charge in [-0.05, 0) is 44.4 Å². The molecule has 0 fully saturated rings. The third kappa shape index (κ3) is 4.35. The Morgan fingerprint density at radius 2 is 2.10 bits per heavy atom. The molecule has 0 amide bonds. The highest BCUT2D eigenvalue weighted by Gasteiger charge is 2.01. The van der Waals surface area contributed by atoms with Crippen molar-refractivity contribution in [1.29, 1.82) is 0 Å². The minimum atomic E-state index is 0.500. The first-order valence-electron chi connectivity index (χ1n) is 6.47. The van der Waals surface area contributed by atoms with Gasteiger partial charge < -0.3 is 9.94 Å². The van der Waals surface area contributed by atoms with Gasteiger partial charge in [-0.2, -0.15) is 0 Å². The number of nitrogens with zero attached hydrogens (tertiary/aromatic N) is 2. The standard InChI is InChI=1S/C15H18N2O2S/c1-11(17-18)3-4-13-5-7-15(8-6-13)19-9-14-10-20-12(2)16-14/h5-8,10,18H,3-4,9H2,1-2H3. The minimum absolute atomic E-state index is 0.500. The topological polar surface area (TPSA) is 54.7 Å². The van der Waals surface area contributed by atoms with Crippen molar-refractivity contribution in [2.45, 2.75) is 33.3 Å². The Kier molecular flexibility index (Phi) is 5.12. The molecule has 4 nitrogen and oxygen atoms in total. The molecule has 0 saturated carbocycles. The first-order valence-corrected chi connectivity index (χ1v) is 7.35. The zero-order valence-corrected chi connectivity index (χ0v) is 12.5. The van der Waals surface area contributed by atoms with Crippen molar-refractivity contribution in [3.05, 3.63) is 45.9 Å². The molecule has 1 aromatic carbocycles.